The molecule has 2 aromatic carbocycles. The predicted molar refractivity (Wildman–Crippen MR) is 102 cm³/mol. The molecule has 1 fully saturated rings. The Balaban J connectivity index is 1.79. The quantitative estimate of drug-likeness (QED) is 0.685. The molecule has 0 aromatic heterocycles. The van der Waals surface area contributed by atoms with Gasteiger partial charge >= 0.3 is 0 Å². The Bertz CT molecular complexity index is 913. The third-order valence-corrected chi connectivity index (χ3v) is 4.92. The summed E-state index contributed by atoms with van der Waals surface area (Å²) in [6.45, 7) is 2.16. The first kappa shape index (κ1) is 19.0. The zero-order valence-corrected chi connectivity index (χ0v) is 15.7. The maximum absolute atomic E-state index is 13.7. The van der Waals surface area contributed by atoms with E-state index in [2.05, 4.69) is 0 Å². The van der Waals surface area contributed by atoms with E-state index in [1.54, 1.807) is 49.4 Å². The van der Waals surface area contributed by atoms with Crippen LogP contribution in [-0.2, 0) is 11.4 Å². The van der Waals surface area contributed by atoms with E-state index in [1.807, 2.05) is 0 Å². The summed E-state index contributed by atoms with van der Waals surface area (Å²) in [4.78, 5) is 25.5. The topological polar surface area (TPSA) is 55.8 Å². The summed E-state index contributed by atoms with van der Waals surface area (Å²) in [7, 11) is 1.50. The van der Waals surface area contributed by atoms with Crippen molar-refractivity contribution in [3.63, 3.8) is 0 Å². The number of amides is 2. The first-order chi connectivity index (χ1) is 13.0. The van der Waals surface area contributed by atoms with Gasteiger partial charge in [-0.1, -0.05) is 24.3 Å². The van der Waals surface area contributed by atoms with E-state index in [0.29, 0.717) is 34.1 Å². The lowest BCUT2D eigenvalue weighted by Crippen LogP contribution is -2.27. The number of likely N-dealkylation sites (N-methyl/N-ethyl adjacent to an activating group) is 1. The minimum atomic E-state index is -0.334. The maximum Gasteiger partial charge on any atom is 0.293 e. The molecule has 3 rings (SSSR count). The molecule has 0 atom stereocenters. The van der Waals surface area contributed by atoms with Crippen LogP contribution in [0.25, 0.3) is 6.08 Å². The van der Waals surface area contributed by atoms with Crippen LogP contribution in [0.4, 0.5) is 9.18 Å². The molecule has 140 valence electrons. The number of carbonyl (C=O) groups excluding carboxylic acids is 2. The van der Waals surface area contributed by atoms with Crippen molar-refractivity contribution in [2.24, 2.45) is 0 Å². The van der Waals surface area contributed by atoms with Crippen molar-refractivity contribution in [2.75, 3.05) is 13.7 Å². The van der Waals surface area contributed by atoms with E-state index < -0.39 is 0 Å². The summed E-state index contributed by atoms with van der Waals surface area (Å²) in [5.41, 5.74) is 1.14. The van der Waals surface area contributed by atoms with E-state index in [4.69, 9.17) is 9.47 Å². The Morgan fingerprint density at radius 2 is 1.93 bits per heavy atom. The SMILES string of the molecule is CCN1C(=O)S/C(=C\c2ccc(OCc3ccccc3F)c(OC)c2)C1=O. The van der Waals surface area contributed by atoms with Crippen LogP contribution in [0.15, 0.2) is 47.4 Å². The standard InChI is InChI=1S/C20H18FNO4S/c1-3-22-19(23)18(27-20(22)24)11-13-8-9-16(17(10-13)25-2)26-12-14-6-4-5-7-15(14)21/h4-11H,3,12H2,1-2H3/b18-11-. The third-order valence-electron chi connectivity index (χ3n) is 4.02. The highest BCUT2D eigenvalue weighted by Gasteiger charge is 2.33. The molecule has 0 N–H and O–H groups in total. The van der Waals surface area contributed by atoms with Crippen molar-refractivity contribution in [3.05, 3.63) is 64.3 Å². The van der Waals surface area contributed by atoms with Crippen LogP contribution in [0.2, 0.25) is 0 Å². The number of ether oxygens (including phenoxy) is 2. The van der Waals surface area contributed by atoms with Gasteiger partial charge in [-0.15, -0.1) is 0 Å². The van der Waals surface area contributed by atoms with Gasteiger partial charge in [0.1, 0.15) is 12.4 Å². The van der Waals surface area contributed by atoms with Crippen LogP contribution in [0.5, 0.6) is 11.5 Å². The molecular formula is C20H18FNO4S. The van der Waals surface area contributed by atoms with Crippen LogP contribution in [0.1, 0.15) is 18.1 Å². The van der Waals surface area contributed by atoms with Gasteiger partial charge in [0.15, 0.2) is 11.5 Å². The zero-order chi connectivity index (χ0) is 19.4. The van der Waals surface area contributed by atoms with E-state index in [-0.39, 0.29) is 23.6 Å². The fourth-order valence-electron chi connectivity index (χ4n) is 2.59. The molecule has 7 heteroatoms. The summed E-state index contributed by atoms with van der Waals surface area (Å²) >= 11 is 0.913. The minimum absolute atomic E-state index is 0.0672. The maximum atomic E-state index is 13.7. The second-order valence-corrected chi connectivity index (χ2v) is 6.71. The van der Waals surface area contributed by atoms with E-state index in [9.17, 15) is 14.0 Å². The number of carbonyl (C=O) groups is 2. The van der Waals surface area contributed by atoms with Gasteiger partial charge in [0, 0.05) is 12.1 Å². The van der Waals surface area contributed by atoms with Gasteiger partial charge in [-0.3, -0.25) is 14.5 Å². The molecule has 2 amide bonds. The highest BCUT2D eigenvalue weighted by Crippen LogP contribution is 2.34. The summed E-state index contributed by atoms with van der Waals surface area (Å²) in [5.74, 6) is 0.278. The van der Waals surface area contributed by atoms with Crippen LogP contribution in [-0.4, -0.2) is 29.7 Å². The molecule has 1 aliphatic rings. The first-order valence-electron chi connectivity index (χ1n) is 8.33. The number of thioether (sulfide) groups is 1. The Hall–Kier alpha value is -2.80. The number of hydrogen-bond donors (Lipinski definition) is 0. The fraction of sp³-hybridized carbons (Fsp3) is 0.200. The molecule has 5 nitrogen and oxygen atoms in total. The van der Waals surface area contributed by atoms with E-state index in [1.165, 1.54) is 18.1 Å². The molecule has 1 heterocycles. The van der Waals surface area contributed by atoms with E-state index in [0.717, 1.165) is 11.8 Å². The Morgan fingerprint density at radius 1 is 1.15 bits per heavy atom. The zero-order valence-electron chi connectivity index (χ0n) is 14.9. The molecule has 0 aliphatic carbocycles. The lowest BCUT2D eigenvalue weighted by Gasteiger charge is -2.12. The fourth-order valence-corrected chi connectivity index (χ4v) is 3.49. The van der Waals surface area contributed by atoms with Gasteiger partial charge in [-0.2, -0.15) is 0 Å². The van der Waals surface area contributed by atoms with E-state index >= 15 is 0 Å². The van der Waals surface area contributed by atoms with Gasteiger partial charge in [0.05, 0.1) is 12.0 Å². The highest BCUT2D eigenvalue weighted by atomic mass is 32.2. The number of methoxy groups -OCH3 is 1. The number of halogens is 1. The Morgan fingerprint density at radius 3 is 2.59 bits per heavy atom. The summed E-state index contributed by atoms with van der Waals surface area (Å²) in [6, 6.07) is 11.5. The lowest BCUT2D eigenvalue weighted by molar-refractivity contribution is -0.122. The highest BCUT2D eigenvalue weighted by molar-refractivity contribution is 8.18. The number of benzene rings is 2. The van der Waals surface area contributed by atoms with Crippen molar-refractivity contribution in [1.29, 1.82) is 0 Å². The molecule has 0 saturated carbocycles. The van der Waals surface area contributed by atoms with Gasteiger partial charge < -0.3 is 9.47 Å². The van der Waals surface area contributed by atoms with Gasteiger partial charge in [0.2, 0.25) is 0 Å². The summed E-state index contributed by atoms with van der Waals surface area (Å²) < 4.78 is 24.7. The molecule has 2 aromatic rings. The number of nitrogens with zero attached hydrogens (tertiary/aromatic N) is 1. The van der Waals surface area contributed by atoms with Crippen molar-refractivity contribution in [1.82, 2.24) is 4.90 Å². The first-order valence-corrected chi connectivity index (χ1v) is 9.14. The number of hydrogen-bond acceptors (Lipinski definition) is 5. The number of imide groups is 1. The normalized spacial score (nSPS) is 15.5. The molecule has 27 heavy (non-hydrogen) atoms. The van der Waals surface area contributed by atoms with Crippen molar-refractivity contribution < 1.29 is 23.5 Å². The van der Waals surface area contributed by atoms with Crippen molar-refractivity contribution in [2.45, 2.75) is 13.5 Å². The smallest absolute Gasteiger partial charge is 0.293 e. The molecular weight excluding hydrogens is 369 g/mol. The molecule has 0 unspecified atom stereocenters. The molecule has 0 bridgehead atoms. The minimum Gasteiger partial charge on any atom is -0.493 e. The second kappa shape index (κ2) is 8.26. The van der Waals surface area contributed by atoms with Crippen LogP contribution in [0, 0.1) is 5.82 Å². The molecule has 1 aliphatic heterocycles. The van der Waals surface area contributed by atoms with Gasteiger partial charge in [-0.05, 0) is 48.5 Å². The monoisotopic (exact) mass is 387 g/mol. The average Bonchev–Trinajstić information content (AvgIpc) is 2.94. The largest absolute Gasteiger partial charge is 0.493 e. The lowest BCUT2D eigenvalue weighted by atomic mass is 10.1. The van der Waals surface area contributed by atoms with Gasteiger partial charge in [-0.25, -0.2) is 4.39 Å². The third kappa shape index (κ3) is 4.14. The van der Waals surface area contributed by atoms with Crippen LogP contribution >= 0.6 is 11.8 Å². The van der Waals surface area contributed by atoms with Crippen molar-refractivity contribution in [3.8, 4) is 11.5 Å². The summed E-state index contributed by atoms with van der Waals surface area (Å²) in [6.07, 6.45) is 1.64. The summed E-state index contributed by atoms with van der Waals surface area (Å²) in [5, 5.41) is -0.273. The second-order valence-electron chi connectivity index (χ2n) is 5.72. The Labute approximate surface area is 160 Å². The number of rotatable bonds is 6. The Kier molecular flexibility index (Phi) is 5.81. The average molecular weight is 387 g/mol. The van der Waals surface area contributed by atoms with Crippen LogP contribution in [0.3, 0.4) is 0 Å². The predicted octanol–water partition coefficient (Wildman–Crippen LogP) is 4.47. The molecule has 0 spiro atoms. The van der Waals surface area contributed by atoms with Crippen molar-refractivity contribution >= 4 is 29.0 Å². The molecule has 1 saturated heterocycles. The molecule has 0 radical (unpaired) electrons. The van der Waals surface area contributed by atoms with Gasteiger partial charge in [0.25, 0.3) is 11.1 Å². The van der Waals surface area contributed by atoms with Crippen LogP contribution < -0.4 is 9.47 Å².